The molecule has 0 aliphatic carbocycles. The number of nitrogens with zero attached hydrogens (tertiary/aromatic N) is 1. The largest absolute Gasteiger partial charge is 0.327 e. The highest BCUT2D eigenvalue weighted by molar-refractivity contribution is 7.89. The van der Waals surface area contributed by atoms with Gasteiger partial charge in [0, 0.05) is 19.6 Å². The van der Waals surface area contributed by atoms with Gasteiger partial charge in [0.25, 0.3) is 0 Å². The van der Waals surface area contributed by atoms with Gasteiger partial charge in [-0.25, -0.2) is 8.42 Å². The molecule has 84 valence electrons. The Morgan fingerprint density at radius 3 is 2.33 bits per heavy atom. The molecule has 1 atom stereocenters. The Labute approximate surface area is 90.8 Å². The van der Waals surface area contributed by atoms with E-state index in [4.69, 9.17) is 5.73 Å². The maximum Gasteiger partial charge on any atom is 0.242 e. The summed E-state index contributed by atoms with van der Waals surface area (Å²) < 4.78 is 25.1. The van der Waals surface area contributed by atoms with Crippen molar-refractivity contribution >= 4 is 10.0 Å². The maximum absolute atomic E-state index is 11.9. The van der Waals surface area contributed by atoms with Gasteiger partial charge in [-0.05, 0) is 19.1 Å². The molecule has 0 aliphatic heterocycles. The van der Waals surface area contributed by atoms with E-state index in [1.165, 1.54) is 11.4 Å². The van der Waals surface area contributed by atoms with Crippen molar-refractivity contribution in [2.75, 3.05) is 13.6 Å². The van der Waals surface area contributed by atoms with Crippen molar-refractivity contribution in [3.63, 3.8) is 0 Å². The predicted octanol–water partition coefficient (Wildman–Crippen LogP) is 0.654. The minimum absolute atomic E-state index is 0.173. The molecule has 1 rings (SSSR count). The van der Waals surface area contributed by atoms with E-state index >= 15 is 0 Å². The van der Waals surface area contributed by atoms with Crippen LogP contribution in [0.2, 0.25) is 0 Å². The molecule has 0 heterocycles. The lowest BCUT2D eigenvalue weighted by molar-refractivity contribution is 0.445. The molecule has 1 unspecified atom stereocenters. The van der Waals surface area contributed by atoms with Crippen LogP contribution in [0.1, 0.15) is 6.92 Å². The summed E-state index contributed by atoms with van der Waals surface area (Å²) in [6.07, 6.45) is 0. The topological polar surface area (TPSA) is 63.4 Å². The van der Waals surface area contributed by atoms with Crippen LogP contribution in [0, 0.1) is 0 Å². The Balaban J connectivity index is 2.94. The van der Waals surface area contributed by atoms with Crippen molar-refractivity contribution in [1.82, 2.24) is 4.31 Å². The van der Waals surface area contributed by atoms with E-state index in [-0.39, 0.29) is 6.04 Å². The fraction of sp³-hybridized carbons (Fsp3) is 0.400. The standard InChI is InChI=1S/C10H16N2O2S/c1-9(11)8-12(2)15(13,14)10-6-4-3-5-7-10/h3-7,9H,8,11H2,1-2H3. The Kier molecular flexibility index (Phi) is 3.84. The van der Waals surface area contributed by atoms with Crippen LogP contribution in [-0.2, 0) is 10.0 Å². The van der Waals surface area contributed by atoms with Gasteiger partial charge in [0.1, 0.15) is 0 Å². The van der Waals surface area contributed by atoms with Crippen molar-refractivity contribution in [3.8, 4) is 0 Å². The van der Waals surface area contributed by atoms with Crippen LogP contribution < -0.4 is 5.73 Å². The lowest BCUT2D eigenvalue weighted by Gasteiger charge is -2.18. The van der Waals surface area contributed by atoms with Crippen molar-refractivity contribution in [3.05, 3.63) is 30.3 Å². The molecule has 0 spiro atoms. The lowest BCUT2D eigenvalue weighted by Crippen LogP contribution is -2.36. The normalized spacial score (nSPS) is 14.1. The first-order valence-corrected chi connectivity index (χ1v) is 6.15. The Morgan fingerprint density at radius 1 is 1.33 bits per heavy atom. The minimum Gasteiger partial charge on any atom is -0.327 e. The number of likely N-dealkylation sites (N-methyl/N-ethyl adjacent to an activating group) is 1. The van der Waals surface area contributed by atoms with Gasteiger partial charge in [-0.3, -0.25) is 0 Å². The molecule has 0 radical (unpaired) electrons. The van der Waals surface area contributed by atoms with E-state index in [2.05, 4.69) is 0 Å². The number of nitrogens with two attached hydrogens (primary N) is 1. The van der Waals surface area contributed by atoms with Crippen LogP contribution in [-0.4, -0.2) is 32.4 Å². The summed E-state index contributed by atoms with van der Waals surface area (Å²) in [5, 5.41) is 0. The smallest absolute Gasteiger partial charge is 0.242 e. The number of hydrogen-bond acceptors (Lipinski definition) is 3. The molecule has 0 saturated heterocycles. The Bertz CT molecular complexity index is 401. The van der Waals surface area contributed by atoms with E-state index in [1.807, 2.05) is 0 Å². The third kappa shape index (κ3) is 3.02. The average Bonchev–Trinajstić information content (AvgIpc) is 2.18. The van der Waals surface area contributed by atoms with Gasteiger partial charge in [-0.15, -0.1) is 0 Å². The monoisotopic (exact) mass is 228 g/mol. The quantitative estimate of drug-likeness (QED) is 0.823. The number of sulfonamides is 1. The fourth-order valence-electron chi connectivity index (χ4n) is 1.28. The summed E-state index contributed by atoms with van der Waals surface area (Å²) in [5.74, 6) is 0. The summed E-state index contributed by atoms with van der Waals surface area (Å²) >= 11 is 0. The molecule has 5 heteroatoms. The van der Waals surface area contributed by atoms with Crippen molar-refractivity contribution in [2.24, 2.45) is 5.73 Å². The van der Waals surface area contributed by atoms with E-state index < -0.39 is 10.0 Å². The zero-order chi connectivity index (χ0) is 11.5. The van der Waals surface area contributed by atoms with E-state index in [9.17, 15) is 8.42 Å². The van der Waals surface area contributed by atoms with Crippen LogP contribution >= 0.6 is 0 Å². The zero-order valence-corrected chi connectivity index (χ0v) is 9.74. The summed E-state index contributed by atoms with van der Waals surface area (Å²) in [4.78, 5) is 0.299. The van der Waals surface area contributed by atoms with E-state index in [1.54, 1.807) is 37.3 Å². The number of benzene rings is 1. The highest BCUT2D eigenvalue weighted by Crippen LogP contribution is 2.13. The first-order valence-electron chi connectivity index (χ1n) is 4.71. The Hall–Kier alpha value is -0.910. The molecular formula is C10H16N2O2S. The first kappa shape index (κ1) is 12.2. The SMILES string of the molecule is CC(N)CN(C)S(=O)(=O)c1ccccc1. The highest BCUT2D eigenvalue weighted by atomic mass is 32.2. The van der Waals surface area contributed by atoms with Crippen molar-refractivity contribution in [2.45, 2.75) is 17.9 Å². The van der Waals surface area contributed by atoms with Crippen LogP contribution in [0.5, 0.6) is 0 Å². The van der Waals surface area contributed by atoms with Gasteiger partial charge < -0.3 is 5.73 Å². The van der Waals surface area contributed by atoms with Gasteiger partial charge in [-0.2, -0.15) is 4.31 Å². The molecule has 2 N–H and O–H groups in total. The van der Waals surface area contributed by atoms with Crippen molar-refractivity contribution in [1.29, 1.82) is 0 Å². The third-order valence-electron chi connectivity index (χ3n) is 2.00. The number of rotatable bonds is 4. The van der Waals surface area contributed by atoms with Crippen LogP contribution in [0.4, 0.5) is 0 Å². The van der Waals surface area contributed by atoms with E-state index in [0.29, 0.717) is 11.4 Å². The summed E-state index contributed by atoms with van der Waals surface area (Å²) in [6, 6.07) is 8.16. The first-order chi connectivity index (χ1) is 6.94. The molecule has 15 heavy (non-hydrogen) atoms. The van der Waals surface area contributed by atoms with Gasteiger partial charge >= 0.3 is 0 Å². The summed E-state index contributed by atoms with van der Waals surface area (Å²) in [5.41, 5.74) is 5.56. The summed E-state index contributed by atoms with van der Waals surface area (Å²) in [6.45, 7) is 2.09. The van der Waals surface area contributed by atoms with Crippen LogP contribution in [0.25, 0.3) is 0 Å². The molecule has 0 bridgehead atoms. The number of hydrogen-bond donors (Lipinski definition) is 1. The predicted molar refractivity (Wildman–Crippen MR) is 59.9 cm³/mol. The molecule has 1 aromatic carbocycles. The summed E-state index contributed by atoms with van der Waals surface area (Å²) in [7, 11) is -1.85. The second-order valence-electron chi connectivity index (χ2n) is 3.58. The third-order valence-corrected chi connectivity index (χ3v) is 3.83. The molecule has 0 amide bonds. The fourth-order valence-corrected chi connectivity index (χ4v) is 2.57. The average molecular weight is 228 g/mol. The molecule has 0 aromatic heterocycles. The molecule has 1 aromatic rings. The van der Waals surface area contributed by atoms with Gasteiger partial charge in [-0.1, -0.05) is 18.2 Å². The molecule has 4 nitrogen and oxygen atoms in total. The van der Waals surface area contributed by atoms with Crippen LogP contribution in [0.15, 0.2) is 35.2 Å². The van der Waals surface area contributed by atoms with Gasteiger partial charge in [0.2, 0.25) is 10.0 Å². The van der Waals surface area contributed by atoms with Gasteiger partial charge in [0.05, 0.1) is 4.90 Å². The second-order valence-corrected chi connectivity index (χ2v) is 5.62. The van der Waals surface area contributed by atoms with Gasteiger partial charge in [0.15, 0.2) is 0 Å². The van der Waals surface area contributed by atoms with Crippen molar-refractivity contribution < 1.29 is 8.42 Å². The molecule has 0 aliphatic rings. The second kappa shape index (κ2) is 4.74. The highest BCUT2D eigenvalue weighted by Gasteiger charge is 2.20. The maximum atomic E-state index is 11.9. The zero-order valence-electron chi connectivity index (χ0n) is 8.92. The minimum atomic E-state index is -3.38. The lowest BCUT2D eigenvalue weighted by atomic mass is 10.4. The van der Waals surface area contributed by atoms with Crippen LogP contribution in [0.3, 0.4) is 0 Å². The molecule has 0 saturated carbocycles. The molecular weight excluding hydrogens is 212 g/mol. The Morgan fingerprint density at radius 2 is 1.87 bits per heavy atom. The molecule has 0 fully saturated rings. The van der Waals surface area contributed by atoms with E-state index in [0.717, 1.165) is 0 Å².